The minimum absolute atomic E-state index is 0.187. The number of anilines is 2. The van der Waals surface area contributed by atoms with Gasteiger partial charge in [0.25, 0.3) is 5.91 Å². The van der Waals surface area contributed by atoms with Gasteiger partial charge >= 0.3 is 0 Å². The first-order valence-corrected chi connectivity index (χ1v) is 46.6. The van der Waals surface area contributed by atoms with Crippen molar-refractivity contribution in [3.8, 4) is 135 Å². The number of H-pyrrole nitrogens is 8. The number of pyridine rings is 12. The lowest BCUT2D eigenvalue weighted by Crippen LogP contribution is -2.18. The van der Waals surface area contributed by atoms with Gasteiger partial charge < -0.3 is 35.5 Å². The van der Waals surface area contributed by atoms with Crippen LogP contribution >= 0.6 is 0 Å². The van der Waals surface area contributed by atoms with Gasteiger partial charge in [0.15, 0.2) is 23.3 Å². The van der Waals surface area contributed by atoms with Gasteiger partial charge in [-0.05, 0) is 243 Å². The molecule has 1 aliphatic rings. The molecule has 0 atom stereocenters. The molecule has 0 saturated carbocycles. The third kappa shape index (κ3) is 18.4. The number of rotatable bonds is 20. The molecule has 0 unspecified atom stereocenters. The number of carbonyl (C=O) groups is 1. The van der Waals surface area contributed by atoms with Crippen molar-refractivity contribution in [1.29, 1.82) is 0 Å². The molecule has 1 fully saturated rings. The summed E-state index contributed by atoms with van der Waals surface area (Å²) >= 11 is 0. The van der Waals surface area contributed by atoms with Gasteiger partial charge in [0.1, 0.15) is 22.8 Å². The molecule has 1 saturated heterocycles. The van der Waals surface area contributed by atoms with Gasteiger partial charge in [0.05, 0.1) is 109 Å². The number of benzene rings is 5. The van der Waals surface area contributed by atoms with Crippen LogP contribution in [-0.2, 0) is 13.1 Å². The summed E-state index contributed by atoms with van der Waals surface area (Å²) in [4.78, 5) is 102. The van der Waals surface area contributed by atoms with Crippen molar-refractivity contribution in [3.63, 3.8) is 0 Å². The van der Waals surface area contributed by atoms with E-state index < -0.39 is 0 Å². The number of hydrogen-bond acceptors (Lipinski definition) is 24. The van der Waals surface area contributed by atoms with Gasteiger partial charge in [0.2, 0.25) is 0 Å². The summed E-state index contributed by atoms with van der Waals surface area (Å²) in [5, 5.41) is 41.1. The van der Waals surface area contributed by atoms with Crippen LogP contribution < -0.4 is 10.6 Å². The molecule has 143 heavy (non-hydrogen) atoms. The van der Waals surface area contributed by atoms with E-state index in [2.05, 4.69) is 230 Å². The van der Waals surface area contributed by atoms with Gasteiger partial charge in [-0.25, -0.2) is 19.9 Å². The van der Waals surface area contributed by atoms with Crippen LogP contribution in [0.2, 0.25) is 0 Å². The number of amides is 1. The zero-order chi connectivity index (χ0) is 96.2. The van der Waals surface area contributed by atoms with E-state index in [4.69, 9.17) is 19.9 Å². The minimum Gasteiger partial charge on any atom is -0.382 e. The fraction of sp³-hybridized carbons (Fsp3) is 0.100. The van der Waals surface area contributed by atoms with E-state index in [-0.39, 0.29) is 5.91 Å². The number of fused-ring (bicyclic) bond motifs is 8. The topological polar surface area (TPSA) is 432 Å². The molecule has 1 aliphatic heterocycles. The highest BCUT2D eigenvalue weighted by Gasteiger charge is 2.25. The Morgan fingerprint density at radius 2 is 0.643 bits per heavy atom. The molecule has 33 nitrogen and oxygen atoms in total. The van der Waals surface area contributed by atoms with Crippen LogP contribution in [0.1, 0.15) is 48.2 Å². The number of hydrogen-bond donors (Lipinski definition) is 10. The smallest absolute Gasteiger partial charge is 0.255 e. The summed E-state index contributed by atoms with van der Waals surface area (Å²) in [5.41, 5.74) is 34.2. The van der Waals surface area contributed by atoms with Gasteiger partial charge in [0, 0.05) is 208 Å². The van der Waals surface area contributed by atoms with Crippen LogP contribution in [0.4, 0.5) is 11.4 Å². The molecular weight excluding hydrogens is 1790 g/mol. The van der Waals surface area contributed by atoms with E-state index in [1.807, 2.05) is 159 Å². The first-order chi connectivity index (χ1) is 70.3. The third-order valence-corrected chi connectivity index (χ3v) is 24.9. The standard InChI is InChI=1S/C30H20N8O.C28H24N8.2C26H22N8/c39-30(19-4-2-1-3-5-19)34-22-12-21(14-32-15-22)20-6-7-25-23(13-20)28(38-37-25)29-35-26-17-33-16-24(27(26)36-29)18-8-10-31-11-9-18;1-2-10-36(9-1)17-18-11-21(14-30-13-18)20-3-4-24-22(12-20)27(35-34-24)28-32-25-16-31-15-23(26(25)33-28)19-5-7-29-8-6-19;1-34(2)15-16-9-19(12-28-11-16)18-3-4-22-20(10-18)25(33-32-22)26-30-23-14-29-13-21(24(23)31-26)17-5-7-27-8-6-17;1-15(2)30-19-9-18(11-28-12-19)17-3-4-22-20(10-17)25(34-33-22)26-31-23-14-29-13-21(24(23)32-26)16-5-7-27-8-6-16/h1-17H,(H,34,39)(H,35,36)(H,37,38);3-8,11-16H,1-2,9-10,17H2,(H,32,33)(H,34,35);3-14H,15H2,1-2H3,(H,30,31)(H,32,33);3-15,30H,1-2H3,(H,31,32)(H,33,34). The molecule has 0 aliphatic carbocycles. The molecular formula is C110H88N32O. The number of aromatic amines is 8. The van der Waals surface area contributed by atoms with Crippen molar-refractivity contribution in [2.75, 3.05) is 37.8 Å². The van der Waals surface area contributed by atoms with Crippen molar-refractivity contribution in [2.24, 2.45) is 0 Å². The SMILES string of the molecule is CC(C)Nc1cncc(-c2ccc3[nH]nc(-c4nc5c(-c6ccncc6)cncc5[nH]4)c3c2)c1.CN(C)Cc1cncc(-c2ccc3[nH]nc(-c4nc5c(-c6ccncc6)cncc5[nH]4)c3c2)c1.O=C(Nc1cncc(-c2ccc3[nH]nc(-c4nc5c(-c6ccncc6)cncc5[nH]4)c3c2)c1)c1ccccc1.c1cc(-c2cncc3[nH]c(-c4n[nH]c5ccc(-c6cncc(CN7CCCC7)c6)cc45)nc23)ccn1. The van der Waals surface area contributed by atoms with Crippen molar-refractivity contribution in [3.05, 3.63) is 341 Å². The molecule has 1 amide bonds. The summed E-state index contributed by atoms with van der Waals surface area (Å²) < 4.78 is 0. The molecule has 33 heteroatoms. The second-order valence-corrected chi connectivity index (χ2v) is 35.4. The van der Waals surface area contributed by atoms with E-state index >= 15 is 0 Å². The van der Waals surface area contributed by atoms with E-state index in [9.17, 15) is 4.79 Å². The Labute approximate surface area is 815 Å². The number of carbonyl (C=O) groups excluding carboxylic acids is 1. The van der Waals surface area contributed by atoms with Crippen LogP contribution in [0.5, 0.6) is 0 Å². The molecule has 0 radical (unpaired) electrons. The molecule has 25 aromatic rings. The van der Waals surface area contributed by atoms with Crippen molar-refractivity contribution >= 4 is 105 Å². The van der Waals surface area contributed by atoms with E-state index in [1.165, 1.54) is 37.1 Å². The molecule has 5 aromatic carbocycles. The zero-order valence-electron chi connectivity index (χ0n) is 77.7. The van der Waals surface area contributed by atoms with Crippen LogP contribution in [0.3, 0.4) is 0 Å². The Bertz CT molecular complexity index is 8690. The lowest BCUT2D eigenvalue weighted by molar-refractivity contribution is 0.102. The Kier molecular flexibility index (Phi) is 23.8. The third-order valence-electron chi connectivity index (χ3n) is 24.9. The van der Waals surface area contributed by atoms with Crippen molar-refractivity contribution < 1.29 is 4.79 Å². The lowest BCUT2D eigenvalue weighted by Gasteiger charge is -2.14. The minimum atomic E-state index is -0.187. The largest absolute Gasteiger partial charge is 0.382 e. The predicted octanol–water partition coefficient (Wildman–Crippen LogP) is 21.2. The van der Waals surface area contributed by atoms with Crippen LogP contribution in [-0.4, -0.2) is 189 Å². The number of imidazole rings is 4. The molecule has 26 rings (SSSR count). The molecule has 694 valence electrons. The maximum absolute atomic E-state index is 12.6. The number of aromatic nitrogens is 28. The van der Waals surface area contributed by atoms with Gasteiger partial charge in [-0.3, -0.25) is 89.9 Å². The second-order valence-electron chi connectivity index (χ2n) is 35.4. The first-order valence-electron chi connectivity index (χ1n) is 46.6. The molecule has 10 N–H and O–H groups in total. The molecule has 0 spiro atoms. The summed E-state index contributed by atoms with van der Waals surface area (Å²) in [5.74, 6) is 2.54. The van der Waals surface area contributed by atoms with Crippen molar-refractivity contribution in [2.45, 2.75) is 45.8 Å². The van der Waals surface area contributed by atoms with Crippen LogP contribution in [0.25, 0.3) is 223 Å². The highest BCUT2D eigenvalue weighted by Crippen LogP contribution is 2.41. The first kappa shape index (κ1) is 87.9. The Balaban J connectivity index is 0.000000106. The molecule has 0 bridgehead atoms. The second kappa shape index (κ2) is 38.8. The van der Waals surface area contributed by atoms with E-state index in [0.29, 0.717) is 46.3 Å². The quantitative estimate of drug-likeness (QED) is 0.0339. The van der Waals surface area contributed by atoms with Crippen LogP contribution in [0, 0.1) is 0 Å². The fourth-order valence-electron chi connectivity index (χ4n) is 18.1. The summed E-state index contributed by atoms with van der Waals surface area (Å²) in [6.07, 6.45) is 46.0. The predicted molar refractivity (Wildman–Crippen MR) is 557 cm³/mol. The average molecular weight is 1870 g/mol. The lowest BCUT2D eigenvalue weighted by atomic mass is 10.0. The van der Waals surface area contributed by atoms with E-state index in [0.717, 1.165) is 213 Å². The van der Waals surface area contributed by atoms with Gasteiger partial charge in [-0.1, -0.05) is 42.5 Å². The molecule has 21 heterocycles. The fourth-order valence-corrected chi connectivity index (χ4v) is 18.1. The Morgan fingerprint density at radius 1 is 0.322 bits per heavy atom. The van der Waals surface area contributed by atoms with Crippen molar-refractivity contribution in [1.82, 2.24) is 150 Å². The van der Waals surface area contributed by atoms with Crippen LogP contribution in [0.15, 0.2) is 325 Å². The summed E-state index contributed by atoms with van der Waals surface area (Å²) in [6.45, 7) is 8.35. The van der Waals surface area contributed by atoms with E-state index in [1.54, 1.807) is 105 Å². The number of likely N-dealkylation sites (tertiary alicyclic amines) is 1. The summed E-state index contributed by atoms with van der Waals surface area (Å²) in [6, 6.07) is 58.4. The number of nitrogens with zero attached hydrogens (tertiary/aromatic N) is 22. The Hall–Kier alpha value is -19.2. The van der Waals surface area contributed by atoms with Gasteiger partial charge in [-0.15, -0.1) is 0 Å². The maximum atomic E-state index is 12.6. The monoisotopic (exact) mass is 1870 g/mol. The van der Waals surface area contributed by atoms with Gasteiger partial charge in [-0.2, -0.15) is 20.4 Å². The zero-order valence-corrected chi connectivity index (χ0v) is 77.7. The normalized spacial score (nSPS) is 12.1. The Morgan fingerprint density at radius 3 is 1.00 bits per heavy atom. The highest BCUT2D eigenvalue weighted by molar-refractivity contribution is 6.06. The maximum Gasteiger partial charge on any atom is 0.255 e. The average Bonchev–Trinajstić information content (AvgIpc) is 1.63. The number of nitrogens with one attached hydrogen (secondary N) is 10. The summed E-state index contributed by atoms with van der Waals surface area (Å²) in [7, 11) is 4.11. The highest BCUT2D eigenvalue weighted by atomic mass is 16.1. The molecule has 20 aromatic heterocycles.